The number of thiocarbonyl (C=S) groups is 1. The second-order valence-corrected chi connectivity index (χ2v) is 1.25. The lowest BCUT2D eigenvalue weighted by Crippen LogP contribution is -1.98. The topological polar surface area (TPSA) is 46.2 Å². The Balaban J connectivity index is 0. The second-order valence-electron chi connectivity index (χ2n) is 0.611. The van der Waals surface area contributed by atoms with Gasteiger partial charge in [-0.1, -0.05) is 12.2 Å². The van der Waals surface area contributed by atoms with Crippen molar-refractivity contribution in [3.05, 3.63) is 0 Å². The van der Waals surface area contributed by atoms with Crippen molar-refractivity contribution in [3.8, 4) is 0 Å². The van der Waals surface area contributed by atoms with Gasteiger partial charge < -0.3 is 10.8 Å². The minimum Gasteiger partial charge on any atom is -0.400 e. The molecule has 0 unspecified atom stereocenters. The van der Waals surface area contributed by atoms with Crippen LogP contribution in [-0.2, 0) is 0 Å². The molecule has 0 aliphatic carbocycles. The van der Waals surface area contributed by atoms with Crippen LogP contribution in [0.5, 0.6) is 0 Å². The van der Waals surface area contributed by atoms with Crippen molar-refractivity contribution in [3.63, 3.8) is 0 Å². The summed E-state index contributed by atoms with van der Waals surface area (Å²) in [6.45, 7) is 1.68. The smallest absolute Gasteiger partial charge is 0.0695 e. The van der Waals surface area contributed by atoms with Gasteiger partial charge in [0.1, 0.15) is 0 Å². The van der Waals surface area contributed by atoms with Gasteiger partial charge in [-0.15, -0.1) is 0 Å². The molecule has 0 aromatic heterocycles. The van der Waals surface area contributed by atoms with Gasteiger partial charge in [-0.25, -0.2) is 0 Å². The molecule has 0 atom stereocenters. The van der Waals surface area contributed by atoms with Crippen LogP contribution < -0.4 is 5.73 Å². The zero-order valence-electron chi connectivity index (χ0n) is 3.93. The number of nitrogens with two attached hydrogens (primary N) is 1. The number of hydrogen-bond acceptors (Lipinski definition) is 2. The molecule has 0 bridgehead atoms. The lowest BCUT2D eigenvalue weighted by molar-refractivity contribution is 0.399. The summed E-state index contributed by atoms with van der Waals surface area (Å²) >= 11 is 4.31. The van der Waals surface area contributed by atoms with Crippen molar-refractivity contribution in [1.82, 2.24) is 0 Å². The first-order valence-electron chi connectivity index (χ1n) is 1.44. The molecule has 0 aliphatic heterocycles. The number of rotatable bonds is 0. The first kappa shape index (κ1) is 9.28. The number of hydrogen-bond donors (Lipinski definition) is 2. The van der Waals surface area contributed by atoms with Crippen molar-refractivity contribution < 1.29 is 5.11 Å². The summed E-state index contributed by atoms with van der Waals surface area (Å²) in [5.74, 6) is 0. The molecule has 0 saturated heterocycles. The largest absolute Gasteiger partial charge is 0.400 e. The molecule has 0 fully saturated rings. The maximum atomic E-state index is 7.00. The van der Waals surface area contributed by atoms with Gasteiger partial charge >= 0.3 is 0 Å². The second kappa shape index (κ2) is 8.85. The monoisotopic (exact) mass is 107 g/mol. The summed E-state index contributed by atoms with van der Waals surface area (Å²) in [7, 11) is 1.00. The number of aliphatic hydroxyl groups is 1. The van der Waals surface area contributed by atoms with Gasteiger partial charge in [-0.2, -0.15) is 0 Å². The quantitative estimate of drug-likeness (QED) is 0.425. The molecule has 0 spiro atoms. The zero-order valence-corrected chi connectivity index (χ0v) is 4.75. The Morgan fingerprint density at radius 3 is 1.67 bits per heavy atom. The highest BCUT2D eigenvalue weighted by Gasteiger charge is 1.54. The van der Waals surface area contributed by atoms with E-state index in [9.17, 15) is 0 Å². The van der Waals surface area contributed by atoms with Crippen molar-refractivity contribution in [1.29, 1.82) is 0 Å². The van der Waals surface area contributed by atoms with Crippen LogP contribution in [0.4, 0.5) is 0 Å². The average Bonchev–Trinajstić information content (AvgIpc) is 1.41. The van der Waals surface area contributed by atoms with Crippen LogP contribution in [0.25, 0.3) is 0 Å². The minimum atomic E-state index is 0.500. The van der Waals surface area contributed by atoms with E-state index in [4.69, 9.17) is 10.8 Å². The van der Waals surface area contributed by atoms with Crippen LogP contribution in [0, 0.1) is 0 Å². The van der Waals surface area contributed by atoms with Crippen LogP contribution in [-0.4, -0.2) is 17.2 Å². The van der Waals surface area contributed by atoms with Crippen molar-refractivity contribution >= 4 is 17.2 Å². The van der Waals surface area contributed by atoms with Gasteiger partial charge in [0.15, 0.2) is 0 Å². The summed E-state index contributed by atoms with van der Waals surface area (Å²) in [6.07, 6.45) is 0. The number of aliphatic hydroxyl groups excluding tert-OH is 1. The van der Waals surface area contributed by atoms with Crippen LogP contribution in [0.15, 0.2) is 0 Å². The van der Waals surface area contributed by atoms with Crippen molar-refractivity contribution in [2.24, 2.45) is 5.73 Å². The molecule has 0 saturated carbocycles. The molecular formula is C3H9NOS. The molecule has 3 N–H and O–H groups in total. The van der Waals surface area contributed by atoms with E-state index in [0.29, 0.717) is 4.99 Å². The Morgan fingerprint density at radius 2 is 1.67 bits per heavy atom. The van der Waals surface area contributed by atoms with Crippen molar-refractivity contribution in [2.45, 2.75) is 6.92 Å². The summed E-state index contributed by atoms with van der Waals surface area (Å²) in [4.78, 5) is 0.500. The third-order valence-electron chi connectivity index (χ3n) is 0. The molecule has 0 heterocycles. The van der Waals surface area contributed by atoms with E-state index in [0.717, 1.165) is 7.11 Å². The Kier molecular flexibility index (Phi) is 13.7. The normalized spacial score (nSPS) is 5.17. The fraction of sp³-hybridized carbons (Fsp3) is 0.667. The first-order chi connectivity index (χ1) is 2.73. The van der Waals surface area contributed by atoms with E-state index < -0.39 is 0 Å². The summed E-state index contributed by atoms with van der Waals surface area (Å²) in [6, 6.07) is 0. The molecule has 0 radical (unpaired) electrons. The van der Waals surface area contributed by atoms with Gasteiger partial charge in [0.05, 0.1) is 4.99 Å². The van der Waals surface area contributed by atoms with Crippen LogP contribution in [0.1, 0.15) is 6.92 Å². The highest BCUT2D eigenvalue weighted by atomic mass is 32.1. The van der Waals surface area contributed by atoms with E-state index in [1.807, 2.05) is 0 Å². The van der Waals surface area contributed by atoms with Crippen molar-refractivity contribution in [2.75, 3.05) is 7.11 Å². The third-order valence-corrected chi connectivity index (χ3v) is 0. The third kappa shape index (κ3) is 1390. The van der Waals surface area contributed by atoms with Gasteiger partial charge in [-0.05, 0) is 6.92 Å². The van der Waals surface area contributed by atoms with Crippen LogP contribution in [0.2, 0.25) is 0 Å². The Hall–Kier alpha value is -0.150. The molecule has 0 aliphatic rings. The SMILES string of the molecule is CC(N)=S.CO. The van der Waals surface area contributed by atoms with Crippen LogP contribution in [0.3, 0.4) is 0 Å². The maximum absolute atomic E-state index is 7.00. The van der Waals surface area contributed by atoms with E-state index >= 15 is 0 Å². The zero-order chi connectivity index (χ0) is 5.58. The molecule has 0 amide bonds. The fourth-order valence-corrected chi connectivity index (χ4v) is 0. The average molecular weight is 107 g/mol. The highest BCUT2D eigenvalue weighted by Crippen LogP contribution is 1.48. The predicted octanol–water partition coefficient (Wildman–Crippen LogP) is -0.0991. The van der Waals surface area contributed by atoms with Gasteiger partial charge in [-0.3, -0.25) is 0 Å². The molecule has 38 valence electrons. The maximum Gasteiger partial charge on any atom is 0.0695 e. The van der Waals surface area contributed by atoms with E-state index in [-0.39, 0.29) is 0 Å². The lowest BCUT2D eigenvalue weighted by Gasteiger charge is -1.65. The lowest BCUT2D eigenvalue weighted by atomic mass is 10.8. The Bertz CT molecular complexity index is 33.8. The van der Waals surface area contributed by atoms with E-state index in [1.54, 1.807) is 6.92 Å². The highest BCUT2D eigenvalue weighted by molar-refractivity contribution is 7.80. The molecule has 3 heteroatoms. The molecule has 0 aromatic rings. The molecule has 0 aromatic carbocycles. The molecule has 2 nitrogen and oxygen atoms in total. The van der Waals surface area contributed by atoms with E-state index in [2.05, 4.69) is 12.2 Å². The summed E-state index contributed by atoms with van der Waals surface area (Å²) < 4.78 is 0. The van der Waals surface area contributed by atoms with Gasteiger partial charge in [0.2, 0.25) is 0 Å². The van der Waals surface area contributed by atoms with Crippen LogP contribution >= 0.6 is 12.2 Å². The fourth-order valence-electron chi connectivity index (χ4n) is 0. The minimum absolute atomic E-state index is 0.500. The molecular weight excluding hydrogens is 98.1 g/mol. The van der Waals surface area contributed by atoms with Gasteiger partial charge in [0.25, 0.3) is 0 Å². The van der Waals surface area contributed by atoms with E-state index in [1.165, 1.54) is 0 Å². The predicted molar refractivity (Wildman–Crippen MR) is 30.6 cm³/mol. The summed E-state index contributed by atoms with van der Waals surface area (Å²) in [5.41, 5.74) is 4.84. The summed E-state index contributed by atoms with van der Waals surface area (Å²) in [5, 5.41) is 7.00. The standard InChI is InChI=1S/C2H5NS.CH4O/c1-2(3)4;1-2/h1H3,(H2,3,4);2H,1H3. The molecule has 0 rings (SSSR count). The first-order valence-corrected chi connectivity index (χ1v) is 1.85. The Morgan fingerprint density at radius 1 is 1.67 bits per heavy atom. The molecule has 6 heavy (non-hydrogen) atoms. The Labute approximate surface area is 43.0 Å². The van der Waals surface area contributed by atoms with Gasteiger partial charge in [0, 0.05) is 7.11 Å².